The van der Waals surface area contributed by atoms with Crippen LogP contribution in [0.4, 0.5) is 4.79 Å². The third-order valence-electron chi connectivity index (χ3n) is 2.50. The van der Waals surface area contributed by atoms with Gasteiger partial charge in [0.1, 0.15) is 11.9 Å². The number of H-pyrrole nitrogens is 1. The van der Waals surface area contributed by atoms with E-state index in [1.165, 1.54) is 0 Å². The Morgan fingerprint density at radius 2 is 2.00 bits per heavy atom. The fourth-order valence-corrected chi connectivity index (χ4v) is 1.48. The van der Waals surface area contributed by atoms with Crippen LogP contribution in [-0.2, 0) is 4.79 Å². The standard InChI is InChI=1S/C11H18N4O3/c1-6(2)8(10(16)17)15-11(18)14-7(3)9-12-4-5-13-9/h4-8H,1-3H3,(H,12,13)(H,16,17)(H2,14,15,18)/t7?,8-/m1/s1. The molecule has 0 aromatic carbocycles. The summed E-state index contributed by atoms with van der Waals surface area (Å²) in [7, 11) is 0. The van der Waals surface area contributed by atoms with Crippen LogP contribution in [0.2, 0.25) is 0 Å². The maximum atomic E-state index is 11.6. The minimum atomic E-state index is -1.05. The van der Waals surface area contributed by atoms with Gasteiger partial charge in [0.15, 0.2) is 0 Å². The number of rotatable bonds is 5. The first kappa shape index (κ1) is 14.0. The van der Waals surface area contributed by atoms with Gasteiger partial charge in [0.05, 0.1) is 6.04 Å². The summed E-state index contributed by atoms with van der Waals surface area (Å²) in [4.78, 5) is 29.4. The van der Waals surface area contributed by atoms with Crippen molar-refractivity contribution in [2.45, 2.75) is 32.9 Å². The van der Waals surface area contributed by atoms with E-state index < -0.39 is 18.0 Å². The van der Waals surface area contributed by atoms with E-state index in [1.54, 1.807) is 33.2 Å². The van der Waals surface area contributed by atoms with Crippen LogP contribution in [0.5, 0.6) is 0 Å². The number of hydrogen-bond donors (Lipinski definition) is 4. The number of hydrogen-bond acceptors (Lipinski definition) is 3. The summed E-state index contributed by atoms with van der Waals surface area (Å²) in [6.45, 7) is 5.22. The van der Waals surface area contributed by atoms with Crippen molar-refractivity contribution in [2.24, 2.45) is 5.92 Å². The molecule has 0 aliphatic carbocycles. The molecule has 7 nitrogen and oxygen atoms in total. The zero-order chi connectivity index (χ0) is 13.7. The number of aromatic amines is 1. The number of imidazole rings is 1. The highest BCUT2D eigenvalue weighted by Crippen LogP contribution is 2.06. The molecule has 1 unspecified atom stereocenters. The molecule has 0 saturated carbocycles. The quantitative estimate of drug-likeness (QED) is 0.625. The van der Waals surface area contributed by atoms with Gasteiger partial charge in [-0.3, -0.25) is 0 Å². The van der Waals surface area contributed by atoms with Gasteiger partial charge in [-0.1, -0.05) is 13.8 Å². The number of carbonyl (C=O) groups excluding carboxylic acids is 1. The monoisotopic (exact) mass is 254 g/mol. The Kier molecular flexibility index (Phi) is 4.70. The Labute approximate surface area is 105 Å². The van der Waals surface area contributed by atoms with Crippen LogP contribution >= 0.6 is 0 Å². The van der Waals surface area contributed by atoms with Crippen molar-refractivity contribution in [2.75, 3.05) is 0 Å². The third-order valence-corrected chi connectivity index (χ3v) is 2.50. The molecule has 2 atom stereocenters. The molecule has 0 radical (unpaired) electrons. The van der Waals surface area contributed by atoms with Crippen LogP contribution in [0.15, 0.2) is 12.4 Å². The number of carboxylic acid groups (broad SMARTS) is 1. The maximum Gasteiger partial charge on any atom is 0.326 e. The molecular formula is C11H18N4O3. The Morgan fingerprint density at radius 1 is 1.33 bits per heavy atom. The van der Waals surface area contributed by atoms with Crippen molar-refractivity contribution in [3.8, 4) is 0 Å². The fraction of sp³-hybridized carbons (Fsp3) is 0.545. The van der Waals surface area contributed by atoms with Gasteiger partial charge in [-0.25, -0.2) is 14.6 Å². The topological polar surface area (TPSA) is 107 Å². The average molecular weight is 254 g/mol. The van der Waals surface area contributed by atoms with Crippen molar-refractivity contribution in [1.82, 2.24) is 20.6 Å². The largest absolute Gasteiger partial charge is 0.480 e. The van der Waals surface area contributed by atoms with E-state index in [0.717, 1.165) is 0 Å². The predicted molar refractivity (Wildman–Crippen MR) is 64.9 cm³/mol. The lowest BCUT2D eigenvalue weighted by molar-refractivity contribution is -0.140. The highest BCUT2D eigenvalue weighted by Gasteiger charge is 2.24. The molecule has 2 amide bonds. The summed E-state index contributed by atoms with van der Waals surface area (Å²) < 4.78 is 0. The number of nitrogens with zero attached hydrogens (tertiary/aromatic N) is 1. The molecule has 1 aromatic rings. The minimum absolute atomic E-state index is 0.188. The molecule has 1 aromatic heterocycles. The van der Waals surface area contributed by atoms with Gasteiger partial charge in [-0.2, -0.15) is 0 Å². The SMILES string of the molecule is CC(NC(=O)N[C@@H](C(=O)O)C(C)C)c1ncc[nH]1. The van der Waals surface area contributed by atoms with E-state index >= 15 is 0 Å². The molecular weight excluding hydrogens is 236 g/mol. The number of nitrogens with one attached hydrogen (secondary N) is 3. The van der Waals surface area contributed by atoms with E-state index in [9.17, 15) is 9.59 Å². The number of aliphatic carboxylic acids is 1. The van der Waals surface area contributed by atoms with Gasteiger partial charge in [-0.15, -0.1) is 0 Å². The molecule has 1 heterocycles. The highest BCUT2D eigenvalue weighted by atomic mass is 16.4. The summed E-state index contributed by atoms with van der Waals surface area (Å²) in [5, 5.41) is 14.0. The van der Waals surface area contributed by atoms with Crippen molar-refractivity contribution in [3.05, 3.63) is 18.2 Å². The van der Waals surface area contributed by atoms with Crippen molar-refractivity contribution >= 4 is 12.0 Å². The van der Waals surface area contributed by atoms with Crippen LogP contribution in [0.1, 0.15) is 32.6 Å². The normalized spacial score (nSPS) is 14.0. The number of carbonyl (C=O) groups is 2. The molecule has 0 fully saturated rings. The molecule has 100 valence electrons. The predicted octanol–water partition coefficient (Wildman–Crippen LogP) is 0.879. The molecule has 18 heavy (non-hydrogen) atoms. The first-order chi connectivity index (χ1) is 8.41. The first-order valence-electron chi connectivity index (χ1n) is 5.71. The summed E-state index contributed by atoms with van der Waals surface area (Å²) in [5.74, 6) is -0.625. The molecule has 1 rings (SSSR count). The molecule has 0 spiro atoms. The third kappa shape index (κ3) is 3.76. The van der Waals surface area contributed by atoms with Crippen LogP contribution in [0, 0.1) is 5.92 Å². The highest BCUT2D eigenvalue weighted by molar-refractivity contribution is 5.82. The van der Waals surface area contributed by atoms with Crippen LogP contribution in [0.25, 0.3) is 0 Å². The number of urea groups is 1. The lowest BCUT2D eigenvalue weighted by Crippen LogP contribution is -2.49. The van der Waals surface area contributed by atoms with Crippen molar-refractivity contribution in [3.63, 3.8) is 0 Å². The van der Waals surface area contributed by atoms with Crippen LogP contribution < -0.4 is 10.6 Å². The van der Waals surface area contributed by atoms with Gasteiger partial charge >= 0.3 is 12.0 Å². The summed E-state index contributed by atoms with van der Waals surface area (Å²) >= 11 is 0. The second-order valence-corrected chi connectivity index (χ2v) is 4.37. The van der Waals surface area contributed by atoms with E-state index in [4.69, 9.17) is 5.11 Å². The molecule has 0 aliphatic rings. The summed E-state index contributed by atoms with van der Waals surface area (Å²) in [6.07, 6.45) is 3.24. The smallest absolute Gasteiger partial charge is 0.326 e. The summed E-state index contributed by atoms with van der Waals surface area (Å²) in [6, 6.07) is -1.75. The Morgan fingerprint density at radius 3 is 2.44 bits per heavy atom. The van der Waals surface area contributed by atoms with E-state index in [1.807, 2.05) is 0 Å². The molecule has 7 heteroatoms. The van der Waals surface area contributed by atoms with Crippen molar-refractivity contribution < 1.29 is 14.7 Å². The maximum absolute atomic E-state index is 11.6. The molecule has 0 aliphatic heterocycles. The van der Waals surface area contributed by atoms with Crippen LogP contribution in [0.3, 0.4) is 0 Å². The number of carboxylic acids is 1. The van der Waals surface area contributed by atoms with Gasteiger partial charge in [0.25, 0.3) is 0 Å². The minimum Gasteiger partial charge on any atom is -0.480 e. The van der Waals surface area contributed by atoms with Gasteiger partial charge in [0, 0.05) is 12.4 Å². The lowest BCUT2D eigenvalue weighted by Gasteiger charge is -2.19. The zero-order valence-corrected chi connectivity index (χ0v) is 10.6. The lowest BCUT2D eigenvalue weighted by atomic mass is 10.1. The van der Waals surface area contributed by atoms with E-state index in [0.29, 0.717) is 5.82 Å². The number of amides is 2. The fourth-order valence-electron chi connectivity index (χ4n) is 1.48. The van der Waals surface area contributed by atoms with Gasteiger partial charge in [0.2, 0.25) is 0 Å². The van der Waals surface area contributed by atoms with Gasteiger partial charge < -0.3 is 20.7 Å². The Hall–Kier alpha value is -2.05. The molecule has 4 N–H and O–H groups in total. The summed E-state index contributed by atoms with van der Waals surface area (Å²) in [5.41, 5.74) is 0. The van der Waals surface area contributed by atoms with Crippen molar-refractivity contribution in [1.29, 1.82) is 0 Å². The second kappa shape index (κ2) is 6.04. The van der Waals surface area contributed by atoms with Crippen LogP contribution in [-0.4, -0.2) is 33.1 Å². The average Bonchev–Trinajstić information content (AvgIpc) is 2.78. The molecule has 0 saturated heterocycles. The van der Waals surface area contributed by atoms with E-state index in [-0.39, 0.29) is 12.0 Å². The Balaban J connectivity index is 2.53. The Bertz CT molecular complexity index is 402. The van der Waals surface area contributed by atoms with Gasteiger partial charge in [-0.05, 0) is 12.8 Å². The molecule has 0 bridgehead atoms. The second-order valence-electron chi connectivity index (χ2n) is 4.37. The zero-order valence-electron chi connectivity index (χ0n) is 10.6. The van der Waals surface area contributed by atoms with E-state index in [2.05, 4.69) is 20.6 Å². The first-order valence-corrected chi connectivity index (χ1v) is 5.71. The number of aromatic nitrogens is 2.